The summed E-state index contributed by atoms with van der Waals surface area (Å²) in [5.41, 5.74) is -0.721. The third-order valence-corrected chi connectivity index (χ3v) is 2.88. The summed E-state index contributed by atoms with van der Waals surface area (Å²) in [6.45, 7) is 11.3. The maximum absolute atomic E-state index is 11.9. The standard InChI is InChI=1S/C11H20O3/c1-7(2)11(6)9(12)8(3)13-10(4,5)14-11/h7-8H,1-6H3/t8-,11-/m1/s1. The van der Waals surface area contributed by atoms with Gasteiger partial charge in [-0.3, -0.25) is 4.79 Å². The number of hydrogen-bond acceptors (Lipinski definition) is 3. The van der Waals surface area contributed by atoms with Gasteiger partial charge in [0.15, 0.2) is 11.6 Å². The molecular weight excluding hydrogens is 180 g/mol. The molecule has 3 nitrogen and oxygen atoms in total. The van der Waals surface area contributed by atoms with E-state index in [2.05, 4.69) is 0 Å². The first-order valence-electron chi connectivity index (χ1n) is 5.11. The first kappa shape index (κ1) is 11.7. The van der Waals surface area contributed by atoms with Crippen LogP contribution in [-0.2, 0) is 14.3 Å². The van der Waals surface area contributed by atoms with Crippen LogP contribution in [0.25, 0.3) is 0 Å². The Labute approximate surface area is 85.8 Å². The van der Waals surface area contributed by atoms with Gasteiger partial charge >= 0.3 is 0 Å². The molecule has 2 atom stereocenters. The molecule has 1 fully saturated rings. The van der Waals surface area contributed by atoms with Crippen molar-refractivity contribution < 1.29 is 14.3 Å². The predicted molar refractivity (Wildman–Crippen MR) is 54.0 cm³/mol. The lowest BCUT2D eigenvalue weighted by Gasteiger charge is -2.46. The van der Waals surface area contributed by atoms with Gasteiger partial charge in [-0.2, -0.15) is 0 Å². The zero-order valence-electron chi connectivity index (χ0n) is 9.88. The van der Waals surface area contributed by atoms with Gasteiger partial charge in [-0.05, 0) is 33.6 Å². The van der Waals surface area contributed by atoms with Gasteiger partial charge in [0.25, 0.3) is 0 Å². The number of ether oxygens (including phenoxy) is 2. The fraction of sp³-hybridized carbons (Fsp3) is 0.909. The highest BCUT2D eigenvalue weighted by Gasteiger charge is 2.50. The van der Waals surface area contributed by atoms with Gasteiger partial charge in [-0.1, -0.05) is 13.8 Å². The van der Waals surface area contributed by atoms with E-state index in [4.69, 9.17) is 9.47 Å². The molecule has 0 saturated carbocycles. The third-order valence-electron chi connectivity index (χ3n) is 2.88. The lowest BCUT2D eigenvalue weighted by Crippen LogP contribution is -2.59. The Morgan fingerprint density at radius 2 is 1.79 bits per heavy atom. The van der Waals surface area contributed by atoms with Crippen molar-refractivity contribution in [3.63, 3.8) is 0 Å². The normalized spacial score (nSPS) is 37.6. The first-order valence-corrected chi connectivity index (χ1v) is 5.11. The molecule has 0 spiro atoms. The second kappa shape index (κ2) is 3.31. The average Bonchev–Trinajstić information content (AvgIpc) is 1.98. The molecule has 0 unspecified atom stereocenters. The van der Waals surface area contributed by atoms with Gasteiger partial charge in [0.05, 0.1) is 0 Å². The van der Waals surface area contributed by atoms with Crippen LogP contribution in [-0.4, -0.2) is 23.3 Å². The number of Topliss-reactive ketones (excluding diaryl/α,β-unsaturated/α-hetero) is 1. The van der Waals surface area contributed by atoms with Crippen LogP contribution in [0.1, 0.15) is 41.5 Å². The van der Waals surface area contributed by atoms with Crippen LogP contribution in [0.15, 0.2) is 0 Å². The van der Waals surface area contributed by atoms with Crippen LogP contribution in [0.2, 0.25) is 0 Å². The Kier molecular flexibility index (Phi) is 2.76. The number of rotatable bonds is 1. The van der Waals surface area contributed by atoms with Crippen molar-refractivity contribution in [3.8, 4) is 0 Å². The van der Waals surface area contributed by atoms with Crippen LogP contribution < -0.4 is 0 Å². The second-order valence-electron chi connectivity index (χ2n) is 4.89. The molecule has 0 aromatic heterocycles. The van der Waals surface area contributed by atoms with E-state index in [9.17, 15) is 4.79 Å². The van der Waals surface area contributed by atoms with Crippen molar-refractivity contribution in [2.24, 2.45) is 5.92 Å². The molecule has 14 heavy (non-hydrogen) atoms. The van der Waals surface area contributed by atoms with E-state index in [1.165, 1.54) is 0 Å². The van der Waals surface area contributed by atoms with Crippen molar-refractivity contribution in [1.29, 1.82) is 0 Å². The minimum absolute atomic E-state index is 0.0341. The Bertz CT molecular complexity index is 245. The van der Waals surface area contributed by atoms with Gasteiger partial charge in [0.2, 0.25) is 0 Å². The fourth-order valence-electron chi connectivity index (χ4n) is 1.87. The highest BCUT2D eigenvalue weighted by molar-refractivity contribution is 5.91. The van der Waals surface area contributed by atoms with E-state index in [1.54, 1.807) is 6.92 Å². The molecule has 1 aliphatic rings. The second-order valence-corrected chi connectivity index (χ2v) is 4.89. The highest BCUT2D eigenvalue weighted by atomic mass is 16.7. The van der Waals surface area contributed by atoms with E-state index in [1.807, 2.05) is 34.6 Å². The molecule has 3 heteroatoms. The van der Waals surface area contributed by atoms with Crippen LogP contribution in [0.3, 0.4) is 0 Å². The van der Waals surface area contributed by atoms with E-state index < -0.39 is 11.4 Å². The lowest BCUT2D eigenvalue weighted by atomic mass is 9.84. The zero-order valence-corrected chi connectivity index (χ0v) is 9.88. The maximum Gasteiger partial charge on any atom is 0.193 e. The molecule has 1 saturated heterocycles. The maximum atomic E-state index is 11.9. The van der Waals surface area contributed by atoms with Crippen molar-refractivity contribution in [1.82, 2.24) is 0 Å². The van der Waals surface area contributed by atoms with Gasteiger partial charge in [0.1, 0.15) is 11.7 Å². The van der Waals surface area contributed by atoms with Crippen LogP contribution >= 0.6 is 0 Å². The minimum Gasteiger partial charge on any atom is -0.340 e. The molecule has 0 aromatic carbocycles. The Balaban J connectivity index is 3.00. The summed E-state index contributed by atoms with van der Waals surface area (Å²) in [5.74, 6) is -0.487. The molecule has 82 valence electrons. The number of carbonyl (C=O) groups is 1. The molecule has 0 bridgehead atoms. The topological polar surface area (TPSA) is 35.5 Å². The molecule has 0 N–H and O–H groups in total. The van der Waals surface area contributed by atoms with Gasteiger partial charge in [-0.15, -0.1) is 0 Å². The van der Waals surface area contributed by atoms with Crippen LogP contribution in [0.5, 0.6) is 0 Å². The molecular formula is C11H20O3. The van der Waals surface area contributed by atoms with Gasteiger partial charge in [0, 0.05) is 0 Å². The largest absolute Gasteiger partial charge is 0.340 e. The highest BCUT2D eigenvalue weighted by Crippen LogP contribution is 2.35. The zero-order chi connectivity index (χ0) is 11.1. The molecule has 0 amide bonds. The minimum atomic E-state index is -0.721. The summed E-state index contributed by atoms with van der Waals surface area (Å²) < 4.78 is 11.2. The Hall–Kier alpha value is -0.410. The molecule has 1 aliphatic heterocycles. The van der Waals surface area contributed by atoms with E-state index >= 15 is 0 Å². The van der Waals surface area contributed by atoms with E-state index in [0.717, 1.165) is 0 Å². The third kappa shape index (κ3) is 1.84. The fourth-order valence-corrected chi connectivity index (χ4v) is 1.87. The number of ketones is 1. The summed E-state index contributed by atoms with van der Waals surface area (Å²) in [6.07, 6.45) is -0.383. The molecule has 1 heterocycles. The predicted octanol–water partition coefficient (Wildman–Crippen LogP) is 2.14. The van der Waals surface area contributed by atoms with Gasteiger partial charge < -0.3 is 9.47 Å². The summed E-state index contributed by atoms with van der Waals surface area (Å²) >= 11 is 0. The average molecular weight is 200 g/mol. The summed E-state index contributed by atoms with van der Waals surface area (Å²) in [4.78, 5) is 11.9. The SMILES string of the molecule is CC(C)[C@@]1(C)OC(C)(C)O[C@H](C)C1=O. The monoisotopic (exact) mass is 200 g/mol. The summed E-state index contributed by atoms with van der Waals surface area (Å²) in [6, 6.07) is 0. The first-order chi connectivity index (χ1) is 6.19. The van der Waals surface area contributed by atoms with E-state index in [0.29, 0.717) is 0 Å². The number of hydrogen-bond donors (Lipinski definition) is 0. The van der Waals surface area contributed by atoms with Crippen molar-refractivity contribution in [2.45, 2.75) is 59.0 Å². The molecule has 1 rings (SSSR count). The van der Waals surface area contributed by atoms with Crippen molar-refractivity contribution >= 4 is 5.78 Å². The number of carbonyl (C=O) groups excluding carboxylic acids is 1. The quantitative estimate of drug-likeness (QED) is 0.650. The lowest BCUT2D eigenvalue weighted by molar-refractivity contribution is -0.309. The van der Waals surface area contributed by atoms with Crippen molar-refractivity contribution in [3.05, 3.63) is 0 Å². The smallest absolute Gasteiger partial charge is 0.193 e. The summed E-state index contributed by atoms with van der Waals surface area (Å²) in [7, 11) is 0. The van der Waals surface area contributed by atoms with Crippen molar-refractivity contribution in [2.75, 3.05) is 0 Å². The molecule has 0 aromatic rings. The molecule has 0 aliphatic carbocycles. The molecule has 0 radical (unpaired) electrons. The Morgan fingerprint density at radius 3 is 2.21 bits per heavy atom. The van der Waals surface area contributed by atoms with Crippen LogP contribution in [0.4, 0.5) is 0 Å². The summed E-state index contributed by atoms with van der Waals surface area (Å²) in [5, 5.41) is 0. The van der Waals surface area contributed by atoms with Crippen LogP contribution in [0, 0.1) is 5.92 Å². The Morgan fingerprint density at radius 1 is 1.29 bits per heavy atom. The van der Waals surface area contributed by atoms with E-state index in [-0.39, 0.29) is 17.8 Å². The van der Waals surface area contributed by atoms with Gasteiger partial charge in [-0.25, -0.2) is 0 Å².